The fourth-order valence-corrected chi connectivity index (χ4v) is 1.50. The van der Waals surface area contributed by atoms with Crippen molar-refractivity contribution < 1.29 is 19.0 Å². The number of halogens is 1. The van der Waals surface area contributed by atoms with Gasteiger partial charge in [-0.25, -0.2) is 9.18 Å². The molecule has 0 aliphatic heterocycles. The van der Waals surface area contributed by atoms with Crippen LogP contribution in [0.25, 0.3) is 0 Å². The van der Waals surface area contributed by atoms with Crippen LogP contribution < -0.4 is 5.32 Å². The highest BCUT2D eigenvalue weighted by atomic mass is 19.1. The van der Waals surface area contributed by atoms with Gasteiger partial charge < -0.3 is 15.2 Å². The minimum atomic E-state index is -1.40. The lowest BCUT2D eigenvalue weighted by Gasteiger charge is -2.15. The summed E-state index contributed by atoms with van der Waals surface area (Å²) < 4.78 is 18.3. The summed E-state index contributed by atoms with van der Waals surface area (Å²) in [6.45, 7) is 0. The number of hydrogen-bond donors (Lipinski definition) is 3. The lowest BCUT2D eigenvalue weighted by atomic mass is 9.99. The minimum absolute atomic E-state index is 0.000366. The van der Waals surface area contributed by atoms with E-state index in [0.717, 1.165) is 0 Å². The lowest BCUT2D eigenvalue weighted by molar-refractivity contribution is -0.132. The van der Waals surface area contributed by atoms with E-state index in [1.165, 1.54) is 25.5 Å². The zero-order chi connectivity index (χ0) is 13.3. The van der Waals surface area contributed by atoms with Crippen molar-refractivity contribution in [1.82, 2.24) is 5.32 Å². The highest BCUT2D eigenvalue weighted by Gasteiger charge is 2.42. The zero-order valence-corrected chi connectivity index (χ0v) is 9.79. The fraction of sp³-hybridized carbons (Fsp3) is 0.333. The lowest BCUT2D eigenvalue weighted by Crippen LogP contribution is -2.23. The second kappa shape index (κ2) is 4.29. The summed E-state index contributed by atoms with van der Waals surface area (Å²) in [5, 5.41) is 19.3. The van der Waals surface area contributed by atoms with Crippen LogP contribution in [-0.2, 0) is 9.53 Å². The maximum Gasteiger partial charge on any atom is 0.335 e. The molecule has 0 unspecified atom stereocenters. The molecule has 0 radical (unpaired) electrons. The van der Waals surface area contributed by atoms with Gasteiger partial charge in [0, 0.05) is 24.6 Å². The maximum absolute atomic E-state index is 13.4. The molecule has 0 atom stereocenters. The van der Waals surface area contributed by atoms with E-state index in [4.69, 9.17) is 15.3 Å². The molecule has 6 heteroatoms. The highest BCUT2D eigenvalue weighted by molar-refractivity contribution is 6.14. The summed E-state index contributed by atoms with van der Waals surface area (Å²) in [5.74, 6) is -2.38. The Morgan fingerprint density at radius 3 is 2.78 bits per heavy atom. The molecule has 2 aliphatic carbocycles. The Morgan fingerprint density at radius 1 is 1.61 bits per heavy atom. The first-order valence-corrected chi connectivity index (χ1v) is 5.42. The van der Waals surface area contributed by atoms with Crippen molar-refractivity contribution in [1.29, 1.82) is 5.41 Å². The normalized spacial score (nSPS) is 23.2. The molecule has 96 valence electrons. The molecule has 0 spiro atoms. The summed E-state index contributed by atoms with van der Waals surface area (Å²) in [6, 6.07) is 0. The van der Waals surface area contributed by atoms with Gasteiger partial charge in [-0.15, -0.1) is 0 Å². The van der Waals surface area contributed by atoms with Crippen molar-refractivity contribution >= 4 is 11.7 Å². The van der Waals surface area contributed by atoms with E-state index in [-0.39, 0.29) is 22.6 Å². The first-order chi connectivity index (χ1) is 8.45. The SMILES string of the molecule is COC1=CC(C(=O)O)=C/C(=C/NC2(F)CC2)C1=N. The number of rotatable bonds is 4. The van der Waals surface area contributed by atoms with Gasteiger partial charge in [0.05, 0.1) is 12.7 Å². The summed E-state index contributed by atoms with van der Waals surface area (Å²) in [6.07, 6.45) is 4.75. The predicted molar refractivity (Wildman–Crippen MR) is 62.8 cm³/mol. The van der Waals surface area contributed by atoms with Gasteiger partial charge in [0.15, 0.2) is 5.79 Å². The van der Waals surface area contributed by atoms with E-state index in [2.05, 4.69) is 5.32 Å². The highest BCUT2D eigenvalue weighted by Crippen LogP contribution is 2.36. The van der Waals surface area contributed by atoms with Crippen LogP contribution in [0.15, 0.2) is 35.3 Å². The summed E-state index contributed by atoms with van der Waals surface area (Å²) in [7, 11) is 1.35. The molecule has 0 heterocycles. The molecule has 2 aliphatic rings. The van der Waals surface area contributed by atoms with Gasteiger partial charge in [0.1, 0.15) is 11.5 Å². The second-order valence-electron chi connectivity index (χ2n) is 4.20. The molecule has 0 saturated heterocycles. The second-order valence-corrected chi connectivity index (χ2v) is 4.20. The molecule has 2 rings (SSSR count). The molecule has 0 aromatic heterocycles. The number of alkyl halides is 1. The number of carboxylic acid groups (broad SMARTS) is 1. The third kappa shape index (κ3) is 2.42. The number of nitrogens with one attached hydrogen (secondary N) is 2. The first kappa shape index (κ1) is 12.3. The Morgan fingerprint density at radius 2 is 2.28 bits per heavy atom. The Bertz CT molecular complexity index is 501. The Labute approximate surface area is 103 Å². The van der Waals surface area contributed by atoms with Crippen molar-refractivity contribution in [3.63, 3.8) is 0 Å². The smallest absolute Gasteiger partial charge is 0.335 e. The third-order valence-corrected chi connectivity index (χ3v) is 2.77. The molecular weight excluding hydrogens is 239 g/mol. The molecule has 0 aromatic carbocycles. The van der Waals surface area contributed by atoms with Crippen LogP contribution in [-0.4, -0.2) is 29.7 Å². The average molecular weight is 252 g/mol. The van der Waals surface area contributed by atoms with Crippen molar-refractivity contribution in [3.05, 3.63) is 35.3 Å². The van der Waals surface area contributed by atoms with E-state index in [1.807, 2.05) is 0 Å². The molecule has 18 heavy (non-hydrogen) atoms. The van der Waals surface area contributed by atoms with E-state index in [9.17, 15) is 9.18 Å². The summed E-state index contributed by atoms with van der Waals surface area (Å²) in [4.78, 5) is 10.9. The fourth-order valence-electron chi connectivity index (χ4n) is 1.50. The monoisotopic (exact) mass is 252 g/mol. The standard InChI is InChI=1S/C12H13FN2O3/c1-18-9-5-7(11(16)17)4-8(10(9)14)6-15-12(13)2-3-12/h4-6,14-15H,2-3H2,1H3,(H,16,17)/b8-6-,14-10?. The van der Waals surface area contributed by atoms with Crippen molar-refractivity contribution in [2.75, 3.05) is 7.11 Å². The molecular formula is C12H13FN2O3. The minimum Gasteiger partial charge on any atom is -0.494 e. The molecule has 3 N–H and O–H groups in total. The van der Waals surface area contributed by atoms with Gasteiger partial charge >= 0.3 is 5.97 Å². The zero-order valence-electron chi connectivity index (χ0n) is 9.79. The van der Waals surface area contributed by atoms with Crippen LogP contribution in [0.4, 0.5) is 4.39 Å². The van der Waals surface area contributed by atoms with Crippen molar-refractivity contribution in [3.8, 4) is 0 Å². The summed E-state index contributed by atoms with van der Waals surface area (Å²) in [5.41, 5.74) is 0.314. The maximum atomic E-state index is 13.4. The molecule has 0 bridgehead atoms. The number of carboxylic acids is 1. The van der Waals surface area contributed by atoms with E-state index in [1.54, 1.807) is 0 Å². The molecule has 0 amide bonds. The van der Waals surface area contributed by atoms with Crippen LogP contribution in [0.1, 0.15) is 12.8 Å². The number of carbonyl (C=O) groups is 1. The number of aliphatic carboxylic acids is 1. The predicted octanol–water partition coefficient (Wildman–Crippen LogP) is 1.49. The van der Waals surface area contributed by atoms with E-state index in [0.29, 0.717) is 12.8 Å². The number of ether oxygens (including phenoxy) is 1. The van der Waals surface area contributed by atoms with E-state index < -0.39 is 11.8 Å². The van der Waals surface area contributed by atoms with Gasteiger partial charge in [0.2, 0.25) is 0 Å². The van der Waals surface area contributed by atoms with E-state index >= 15 is 0 Å². The van der Waals surface area contributed by atoms with Crippen molar-refractivity contribution in [2.24, 2.45) is 0 Å². The molecule has 1 fully saturated rings. The quantitative estimate of drug-likeness (QED) is 0.662. The average Bonchev–Trinajstić information content (AvgIpc) is 3.06. The topological polar surface area (TPSA) is 82.4 Å². The van der Waals surface area contributed by atoms with Gasteiger partial charge in [-0.3, -0.25) is 5.41 Å². The van der Waals surface area contributed by atoms with Gasteiger partial charge in [0.25, 0.3) is 0 Å². The summed E-state index contributed by atoms with van der Waals surface area (Å²) >= 11 is 0. The third-order valence-electron chi connectivity index (χ3n) is 2.77. The number of hydrogen-bond acceptors (Lipinski definition) is 4. The van der Waals surface area contributed by atoms with Gasteiger partial charge in [-0.2, -0.15) is 0 Å². The van der Waals surface area contributed by atoms with Crippen LogP contribution in [0, 0.1) is 5.41 Å². The molecule has 0 aromatic rings. The van der Waals surface area contributed by atoms with Gasteiger partial charge in [-0.05, 0) is 12.2 Å². The number of allylic oxidation sites excluding steroid dienone is 2. The Balaban J connectivity index is 2.26. The van der Waals surface area contributed by atoms with Gasteiger partial charge in [-0.1, -0.05) is 0 Å². The first-order valence-electron chi connectivity index (χ1n) is 5.42. The Hall–Kier alpha value is -2.11. The Kier molecular flexibility index (Phi) is 2.94. The molecule has 1 saturated carbocycles. The molecule has 5 nitrogen and oxygen atoms in total. The van der Waals surface area contributed by atoms with Crippen LogP contribution in [0.2, 0.25) is 0 Å². The van der Waals surface area contributed by atoms with Crippen molar-refractivity contribution in [2.45, 2.75) is 18.6 Å². The van der Waals surface area contributed by atoms with Crippen LogP contribution in [0.3, 0.4) is 0 Å². The van der Waals surface area contributed by atoms with Crippen LogP contribution >= 0.6 is 0 Å². The number of methoxy groups -OCH3 is 1. The van der Waals surface area contributed by atoms with Crippen LogP contribution in [0.5, 0.6) is 0 Å². The largest absolute Gasteiger partial charge is 0.494 e.